The monoisotopic (exact) mass is 283 g/mol. The van der Waals surface area contributed by atoms with Gasteiger partial charge in [0.2, 0.25) is 11.8 Å². The van der Waals surface area contributed by atoms with Gasteiger partial charge in [-0.1, -0.05) is 0 Å². The van der Waals surface area contributed by atoms with Gasteiger partial charge in [0.1, 0.15) is 0 Å². The van der Waals surface area contributed by atoms with Crippen molar-refractivity contribution in [3.63, 3.8) is 0 Å². The largest absolute Gasteiger partial charge is 0.376 e. The molecule has 2 aliphatic rings. The molecule has 2 heterocycles. The number of likely N-dealkylation sites (N-methyl/N-ethyl adjacent to an activating group) is 1. The summed E-state index contributed by atoms with van der Waals surface area (Å²) in [5.41, 5.74) is 0. The van der Waals surface area contributed by atoms with E-state index in [0.717, 1.165) is 45.6 Å². The van der Waals surface area contributed by atoms with Crippen molar-refractivity contribution in [3.8, 4) is 0 Å². The van der Waals surface area contributed by atoms with Crippen molar-refractivity contribution in [2.45, 2.75) is 25.9 Å². The molecule has 6 nitrogen and oxygen atoms in total. The molecule has 0 aromatic carbocycles. The summed E-state index contributed by atoms with van der Waals surface area (Å²) in [5.74, 6) is -0.00530. The van der Waals surface area contributed by atoms with Crippen molar-refractivity contribution in [2.24, 2.45) is 0 Å². The molecule has 1 unspecified atom stereocenters. The number of carbonyl (C=O) groups excluding carboxylic acids is 2. The molecular formula is C14H25N3O3. The number of amides is 2. The minimum absolute atomic E-state index is 0.0475. The van der Waals surface area contributed by atoms with Crippen LogP contribution in [0, 0.1) is 0 Å². The second kappa shape index (κ2) is 7.04. The van der Waals surface area contributed by atoms with Crippen LogP contribution in [0.15, 0.2) is 0 Å². The van der Waals surface area contributed by atoms with E-state index in [1.807, 2.05) is 4.90 Å². The Kier molecular flexibility index (Phi) is 5.37. The number of hydrogen-bond donors (Lipinski definition) is 0. The first-order chi connectivity index (χ1) is 9.56. The molecule has 0 aromatic rings. The van der Waals surface area contributed by atoms with Gasteiger partial charge in [0.05, 0.1) is 12.6 Å². The van der Waals surface area contributed by atoms with Crippen molar-refractivity contribution in [1.82, 2.24) is 14.7 Å². The van der Waals surface area contributed by atoms with E-state index in [0.29, 0.717) is 6.54 Å². The van der Waals surface area contributed by atoms with Gasteiger partial charge in [0.15, 0.2) is 0 Å². The van der Waals surface area contributed by atoms with Gasteiger partial charge in [-0.05, 0) is 19.9 Å². The van der Waals surface area contributed by atoms with Gasteiger partial charge in [-0.2, -0.15) is 0 Å². The first kappa shape index (κ1) is 15.3. The number of ether oxygens (including phenoxy) is 1. The Labute approximate surface area is 120 Å². The van der Waals surface area contributed by atoms with Gasteiger partial charge in [-0.25, -0.2) is 0 Å². The van der Waals surface area contributed by atoms with Crippen LogP contribution in [0.3, 0.4) is 0 Å². The van der Waals surface area contributed by atoms with Gasteiger partial charge < -0.3 is 19.4 Å². The van der Waals surface area contributed by atoms with Crippen LogP contribution in [0.4, 0.5) is 0 Å². The Balaban J connectivity index is 1.83. The van der Waals surface area contributed by atoms with Crippen LogP contribution >= 0.6 is 0 Å². The molecule has 6 heteroatoms. The number of carbonyl (C=O) groups is 2. The van der Waals surface area contributed by atoms with Gasteiger partial charge in [0.25, 0.3) is 0 Å². The highest BCUT2D eigenvalue weighted by atomic mass is 16.5. The lowest BCUT2D eigenvalue weighted by Crippen LogP contribution is -2.51. The highest BCUT2D eigenvalue weighted by molar-refractivity contribution is 5.84. The second-order valence-electron chi connectivity index (χ2n) is 5.72. The number of hydrogen-bond acceptors (Lipinski definition) is 4. The predicted molar refractivity (Wildman–Crippen MR) is 75.3 cm³/mol. The lowest BCUT2D eigenvalue weighted by Gasteiger charge is -2.34. The molecule has 2 fully saturated rings. The molecule has 2 rings (SSSR count). The van der Waals surface area contributed by atoms with E-state index in [1.165, 1.54) is 6.92 Å². The van der Waals surface area contributed by atoms with Crippen molar-refractivity contribution in [2.75, 3.05) is 52.9 Å². The van der Waals surface area contributed by atoms with Gasteiger partial charge in [-0.15, -0.1) is 0 Å². The van der Waals surface area contributed by atoms with Crippen molar-refractivity contribution in [1.29, 1.82) is 0 Å². The number of nitrogens with zero attached hydrogens (tertiary/aromatic N) is 3. The molecule has 0 aromatic heterocycles. The maximum atomic E-state index is 12.3. The summed E-state index contributed by atoms with van der Waals surface area (Å²) in [6.45, 7) is 6.31. The molecule has 0 spiro atoms. The lowest BCUT2D eigenvalue weighted by atomic mass is 10.2. The molecule has 2 aliphatic heterocycles. The highest BCUT2D eigenvalue weighted by Gasteiger charge is 2.25. The zero-order valence-corrected chi connectivity index (χ0v) is 12.5. The summed E-state index contributed by atoms with van der Waals surface area (Å²) in [4.78, 5) is 29.6. The van der Waals surface area contributed by atoms with E-state index in [9.17, 15) is 9.59 Å². The van der Waals surface area contributed by atoms with Crippen LogP contribution in [0.5, 0.6) is 0 Å². The first-order valence-corrected chi connectivity index (χ1v) is 7.39. The van der Waals surface area contributed by atoms with Gasteiger partial charge >= 0.3 is 0 Å². The maximum Gasteiger partial charge on any atom is 0.242 e. The minimum Gasteiger partial charge on any atom is -0.376 e. The first-order valence-electron chi connectivity index (χ1n) is 7.39. The third kappa shape index (κ3) is 4.18. The molecular weight excluding hydrogens is 258 g/mol. The molecule has 1 atom stereocenters. The van der Waals surface area contributed by atoms with E-state index in [4.69, 9.17) is 4.74 Å². The van der Waals surface area contributed by atoms with Crippen molar-refractivity contribution >= 4 is 11.8 Å². The number of rotatable bonds is 4. The Morgan fingerprint density at radius 1 is 1.25 bits per heavy atom. The van der Waals surface area contributed by atoms with Crippen LogP contribution < -0.4 is 0 Å². The van der Waals surface area contributed by atoms with Crippen LogP contribution in [0.25, 0.3) is 0 Å². The van der Waals surface area contributed by atoms with Crippen molar-refractivity contribution in [3.05, 3.63) is 0 Å². The summed E-state index contributed by atoms with van der Waals surface area (Å²) >= 11 is 0. The Morgan fingerprint density at radius 3 is 2.50 bits per heavy atom. The van der Waals surface area contributed by atoms with Crippen LogP contribution in [-0.4, -0.2) is 85.5 Å². The molecule has 0 N–H and O–H groups in total. The third-order valence-electron chi connectivity index (χ3n) is 4.08. The SMILES string of the molecule is CC(=O)N(CC(=O)N1CCN(C)CC1)CC1CCCO1. The lowest BCUT2D eigenvalue weighted by molar-refractivity contribution is -0.141. The van der Waals surface area contributed by atoms with Crippen LogP contribution in [-0.2, 0) is 14.3 Å². The van der Waals surface area contributed by atoms with E-state index < -0.39 is 0 Å². The fourth-order valence-corrected chi connectivity index (χ4v) is 2.66. The molecule has 2 saturated heterocycles. The summed E-state index contributed by atoms with van der Waals surface area (Å²) in [7, 11) is 2.06. The van der Waals surface area contributed by atoms with E-state index in [-0.39, 0.29) is 24.5 Å². The van der Waals surface area contributed by atoms with E-state index in [1.54, 1.807) is 4.90 Å². The maximum absolute atomic E-state index is 12.3. The molecule has 20 heavy (non-hydrogen) atoms. The Bertz CT molecular complexity index is 348. The second-order valence-corrected chi connectivity index (χ2v) is 5.72. The normalized spacial score (nSPS) is 23.9. The summed E-state index contributed by atoms with van der Waals surface area (Å²) in [6, 6.07) is 0. The molecule has 0 bridgehead atoms. The highest BCUT2D eigenvalue weighted by Crippen LogP contribution is 2.13. The van der Waals surface area contributed by atoms with Gasteiger partial charge in [0, 0.05) is 46.3 Å². The average molecular weight is 283 g/mol. The molecule has 0 saturated carbocycles. The zero-order chi connectivity index (χ0) is 14.5. The third-order valence-corrected chi connectivity index (χ3v) is 4.08. The summed E-state index contributed by atoms with van der Waals surface area (Å²) in [5, 5.41) is 0. The van der Waals surface area contributed by atoms with Crippen LogP contribution in [0.1, 0.15) is 19.8 Å². The van der Waals surface area contributed by atoms with E-state index >= 15 is 0 Å². The predicted octanol–water partition coefficient (Wildman–Crippen LogP) is -0.212. The zero-order valence-electron chi connectivity index (χ0n) is 12.5. The fourth-order valence-electron chi connectivity index (χ4n) is 2.66. The smallest absolute Gasteiger partial charge is 0.242 e. The molecule has 2 amide bonds. The Hall–Kier alpha value is -1.14. The van der Waals surface area contributed by atoms with Gasteiger partial charge in [-0.3, -0.25) is 9.59 Å². The summed E-state index contributed by atoms with van der Waals surface area (Å²) < 4.78 is 5.55. The molecule has 0 aliphatic carbocycles. The fraction of sp³-hybridized carbons (Fsp3) is 0.857. The average Bonchev–Trinajstić information content (AvgIpc) is 2.91. The Morgan fingerprint density at radius 2 is 1.95 bits per heavy atom. The van der Waals surface area contributed by atoms with E-state index in [2.05, 4.69) is 11.9 Å². The number of piperazine rings is 1. The minimum atomic E-state index is -0.0528. The quantitative estimate of drug-likeness (QED) is 0.716. The molecule has 0 radical (unpaired) electrons. The van der Waals surface area contributed by atoms with Crippen LogP contribution in [0.2, 0.25) is 0 Å². The molecule has 114 valence electrons. The topological polar surface area (TPSA) is 53.1 Å². The van der Waals surface area contributed by atoms with Crippen molar-refractivity contribution < 1.29 is 14.3 Å². The summed E-state index contributed by atoms with van der Waals surface area (Å²) in [6.07, 6.45) is 2.12. The standard InChI is InChI=1S/C14H25N3O3/c1-12(18)17(10-13-4-3-9-20-13)11-14(19)16-7-5-15(2)6-8-16/h13H,3-11H2,1-2H3.